The third-order valence-corrected chi connectivity index (χ3v) is 1.01. The fourth-order valence-electron chi connectivity index (χ4n) is 0.314. The van der Waals surface area contributed by atoms with E-state index in [0.29, 0.717) is 0 Å². The molecule has 6 nitrogen and oxygen atoms in total. The summed E-state index contributed by atoms with van der Waals surface area (Å²) in [6.45, 7) is 0. The van der Waals surface area contributed by atoms with Gasteiger partial charge in [0.25, 0.3) is 10.5 Å². The van der Waals surface area contributed by atoms with Gasteiger partial charge in [0.2, 0.25) is 0 Å². The Morgan fingerprint density at radius 1 is 1.31 bits per heavy atom. The number of rotatable bonds is 0. The zero-order valence-corrected chi connectivity index (χ0v) is 8.10. The van der Waals surface area contributed by atoms with Crippen LogP contribution < -0.4 is 11.5 Å². The third-order valence-electron chi connectivity index (χ3n) is 0.607. The lowest BCUT2D eigenvalue weighted by Crippen LogP contribution is -2.11. The molecule has 0 aromatic carbocycles. The molecule has 0 atom stereocenters. The number of thioether (sulfide) groups is 1. The van der Waals surface area contributed by atoms with Crippen molar-refractivity contribution >= 4 is 34.6 Å². The minimum absolute atomic E-state index is 0. The molecule has 13 heavy (non-hydrogen) atoms. The molecule has 0 aliphatic rings. The van der Waals surface area contributed by atoms with E-state index >= 15 is 0 Å². The summed E-state index contributed by atoms with van der Waals surface area (Å²) in [4.78, 5) is 25.8. The molecule has 0 saturated heterocycles. The molecule has 74 valence electrons. The number of aromatic amines is 1. The van der Waals surface area contributed by atoms with Crippen molar-refractivity contribution in [3.8, 4) is 0 Å². The first kappa shape index (κ1) is 14.3. The van der Waals surface area contributed by atoms with E-state index in [1.807, 2.05) is 0 Å². The van der Waals surface area contributed by atoms with Crippen LogP contribution in [0.1, 0.15) is 0 Å². The van der Waals surface area contributed by atoms with Crippen LogP contribution in [0.4, 0.5) is 9.59 Å². The fraction of sp³-hybridized carbons (Fsp3) is 0. The van der Waals surface area contributed by atoms with Crippen LogP contribution >= 0.6 is 24.2 Å². The molecule has 0 unspecified atom stereocenters. The van der Waals surface area contributed by atoms with Crippen LogP contribution in [0.3, 0.4) is 0 Å². The van der Waals surface area contributed by atoms with E-state index in [0.717, 1.165) is 0 Å². The van der Waals surface area contributed by atoms with Crippen LogP contribution in [-0.2, 0) is 0 Å². The van der Waals surface area contributed by atoms with E-state index < -0.39 is 10.5 Å². The second-order valence-corrected chi connectivity index (χ2v) is 2.51. The zero-order valence-electron chi connectivity index (χ0n) is 6.47. The Kier molecular flexibility index (Phi) is 9.79. The van der Waals surface area contributed by atoms with Crippen LogP contribution in [0.5, 0.6) is 0 Å². The van der Waals surface area contributed by atoms with Gasteiger partial charge in [0.1, 0.15) is 0 Å². The van der Waals surface area contributed by atoms with Gasteiger partial charge in [0.15, 0.2) is 0 Å². The quantitative estimate of drug-likeness (QED) is 0.602. The molecule has 0 spiro atoms. The fourth-order valence-corrected chi connectivity index (χ4v) is 0.513. The van der Waals surface area contributed by atoms with E-state index in [-0.39, 0.29) is 24.2 Å². The van der Waals surface area contributed by atoms with Crippen molar-refractivity contribution in [3.05, 3.63) is 18.7 Å². The number of H-pyrrole nitrogens is 1. The molecule has 0 bridgehead atoms. The predicted molar refractivity (Wildman–Crippen MR) is 52.6 cm³/mol. The Hall–Kier alpha value is -1.21. The molecule has 0 aliphatic carbocycles. The number of nitrogens with two attached hydrogens (primary N) is 2. The maximum absolute atomic E-state index is 9.69. The van der Waals surface area contributed by atoms with Gasteiger partial charge in [-0.15, -0.1) is 12.4 Å². The summed E-state index contributed by atoms with van der Waals surface area (Å²) < 4.78 is 0. The van der Waals surface area contributed by atoms with E-state index in [2.05, 4.69) is 21.4 Å². The number of primary amides is 2. The highest BCUT2D eigenvalue weighted by Gasteiger charge is 1.97. The molecule has 1 aromatic rings. The summed E-state index contributed by atoms with van der Waals surface area (Å²) in [7, 11) is 0. The normalized spacial score (nSPS) is 7.38. The number of aromatic nitrogens is 2. The summed E-state index contributed by atoms with van der Waals surface area (Å²) in [6, 6.07) is 0. The number of carbonyl (C=O) groups is 2. The molecule has 8 heteroatoms. The highest BCUT2D eigenvalue weighted by atomic mass is 35.5. The van der Waals surface area contributed by atoms with E-state index in [1.165, 1.54) is 0 Å². The van der Waals surface area contributed by atoms with Gasteiger partial charge >= 0.3 is 0 Å². The van der Waals surface area contributed by atoms with Gasteiger partial charge in [-0.3, -0.25) is 9.59 Å². The topological polar surface area (TPSA) is 115 Å². The Balaban J connectivity index is 0. The number of nitrogens with zero attached hydrogens (tertiary/aromatic N) is 1. The van der Waals surface area contributed by atoms with Gasteiger partial charge in [-0.05, 0) is 0 Å². The Labute approximate surface area is 84.9 Å². The Bertz CT molecular complexity index is 211. The van der Waals surface area contributed by atoms with Gasteiger partial charge in [0.05, 0.1) is 6.33 Å². The molecular formula is C5H9ClN4O2S. The van der Waals surface area contributed by atoms with E-state index in [4.69, 9.17) is 0 Å². The SMILES string of the molecule is Cl.NC(=O)SC(N)=O.c1c[nH]cn1. The number of amides is 2. The van der Waals surface area contributed by atoms with Crippen molar-refractivity contribution in [2.75, 3.05) is 0 Å². The molecular weight excluding hydrogens is 216 g/mol. The van der Waals surface area contributed by atoms with E-state index in [1.54, 1.807) is 18.7 Å². The molecule has 0 saturated carbocycles. The summed E-state index contributed by atoms with van der Waals surface area (Å²) in [5, 5.41) is -1.54. The average molecular weight is 225 g/mol. The largest absolute Gasteiger partial charge is 0.360 e. The van der Waals surface area contributed by atoms with Crippen molar-refractivity contribution in [1.29, 1.82) is 0 Å². The summed E-state index contributed by atoms with van der Waals surface area (Å²) >= 11 is 0.287. The highest BCUT2D eigenvalue weighted by molar-refractivity contribution is 8.25. The molecule has 0 fully saturated rings. The molecule has 0 radical (unpaired) electrons. The second kappa shape index (κ2) is 8.88. The maximum Gasteiger partial charge on any atom is 0.285 e. The molecule has 1 rings (SSSR count). The molecule has 2 amide bonds. The lowest BCUT2D eigenvalue weighted by Gasteiger charge is -1.81. The number of hydrogen-bond donors (Lipinski definition) is 3. The van der Waals surface area contributed by atoms with Crippen LogP contribution in [0.2, 0.25) is 0 Å². The lowest BCUT2D eigenvalue weighted by atomic mass is 11.0. The first-order valence-corrected chi connectivity index (χ1v) is 3.64. The van der Waals surface area contributed by atoms with Crippen LogP contribution in [-0.4, -0.2) is 20.4 Å². The molecule has 1 heterocycles. The zero-order chi connectivity index (χ0) is 9.40. The highest BCUT2D eigenvalue weighted by Crippen LogP contribution is 1.95. The first-order valence-electron chi connectivity index (χ1n) is 2.82. The van der Waals surface area contributed by atoms with Gasteiger partial charge in [-0.2, -0.15) is 0 Å². The number of nitrogens with one attached hydrogen (secondary N) is 1. The van der Waals surface area contributed by atoms with Crippen LogP contribution in [0, 0.1) is 0 Å². The summed E-state index contributed by atoms with van der Waals surface area (Å²) in [5.74, 6) is 0. The van der Waals surface area contributed by atoms with Crippen molar-refractivity contribution in [2.24, 2.45) is 11.5 Å². The predicted octanol–water partition coefficient (Wildman–Crippen LogP) is 0.709. The number of carbonyl (C=O) groups excluding carboxylic acids is 2. The Morgan fingerprint density at radius 2 is 1.85 bits per heavy atom. The second-order valence-electron chi connectivity index (χ2n) is 1.50. The van der Waals surface area contributed by atoms with Gasteiger partial charge in [-0.1, -0.05) is 0 Å². The monoisotopic (exact) mass is 224 g/mol. The number of imidazole rings is 1. The van der Waals surface area contributed by atoms with Crippen molar-refractivity contribution < 1.29 is 9.59 Å². The third kappa shape index (κ3) is 13.7. The van der Waals surface area contributed by atoms with Crippen LogP contribution in [0.25, 0.3) is 0 Å². The summed E-state index contributed by atoms with van der Waals surface area (Å²) in [5.41, 5.74) is 9.03. The minimum atomic E-state index is -0.771. The van der Waals surface area contributed by atoms with Crippen molar-refractivity contribution in [3.63, 3.8) is 0 Å². The summed E-state index contributed by atoms with van der Waals surface area (Å²) in [6.07, 6.45) is 5.08. The van der Waals surface area contributed by atoms with Gasteiger partial charge in [0, 0.05) is 24.2 Å². The first-order chi connectivity index (χ1) is 5.63. The smallest absolute Gasteiger partial charge is 0.285 e. The maximum atomic E-state index is 9.69. The number of hydrogen-bond acceptors (Lipinski definition) is 4. The standard InChI is InChI=1S/C3H4N2.C2H4N2O2S.ClH/c1-2-5-3-4-1;3-1(5)7-2(4)6;/h1-3H,(H,4,5);(H2,3,5)(H2,4,6);1H. The van der Waals surface area contributed by atoms with Crippen molar-refractivity contribution in [2.45, 2.75) is 0 Å². The lowest BCUT2D eigenvalue weighted by molar-refractivity contribution is 0.264. The molecule has 1 aromatic heterocycles. The van der Waals surface area contributed by atoms with Gasteiger partial charge < -0.3 is 16.5 Å². The molecule has 5 N–H and O–H groups in total. The minimum Gasteiger partial charge on any atom is -0.360 e. The van der Waals surface area contributed by atoms with Gasteiger partial charge in [-0.25, -0.2) is 4.98 Å². The van der Waals surface area contributed by atoms with E-state index in [9.17, 15) is 9.59 Å². The Morgan fingerprint density at radius 3 is 1.92 bits per heavy atom. The molecule has 0 aliphatic heterocycles. The van der Waals surface area contributed by atoms with Crippen molar-refractivity contribution in [1.82, 2.24) is 9.97 Å². The van der Waals surface area contributed by atoms with Crippen LogP contribution in [0.15, 0.2) is 18.7 Å². The number of halogens is 1. The average Bonchev–Trinajstić information content (AvgIpc) is 2.36.